The molecule has 0 heterocycles. The average molecular weight is 396 g/mol. The molecule has 1 amide bonds. The molecule has 1 aliphatic carbocycles. The summed E-state index contributed by atoms with van der Waals surface area (Å²) in [5, 5.41) is 21.6. The molecule has 4 nitrogen and oxygen atoms in total. The molecule has 0 aromatic heterocycles. The SMILES string of the molecule is N#C/C(=C/c1ccc(O)c(I)c1)C(=O)NC1CCCCC1. The number of rotatable bonds is 3. The van der Waals surface area contributed by atoms with E-state index in [1.165, 1.54) is 6.42 Å². The fourth-order valence-electron chi connectivity index (χ4n) is 2.44. The maximum atomic E-state index is 12.1. The summed E-state index contributed by atoms with van der Waals surface area (Å²) in [6.07, 6.45) is 7.02. The van der Waals surface area contributed by atoms with E-state index in [9.17, 15) is 15.2 Å². The van der Waals surface area contributed by atoms with Crippen LogP contribution in [0.1, 0.15) is 37.7 Å². The molecule has 0 radical (unpaired) electrons. The lowest BCUT2D eigenvalue weighted by Gasteiger charge is -2.22. The number of halogens is 1. The van der Waals surface area contributed by atoms with Crippen molar-refractivity contribution in [2.75, 3.05) is 0 Å². The highest BCUT2D eigenvalue weighted by Gasteiger charge is 2.18. The van der Waals surface area contributed by atoms with Gasteiger partial charge in [0.2, 0.25) is 0 Å². The predicted molar refractivity (Wildman–Crippen MR) is 89.4 cm³/mol. The monoisotopic (exact) mass is 396 g/mol. The molecule has 110 valence electrons. The highest BCUT2D eigenvalue weighted by molar-refractivity contribution is 14.1. The molecule has 1 aromatic carbocycles. The van der Waals surface area contributed by atoms with Crippen molar-refractivity contribution >= 4 is 34.6 Å². The first-order valence-corrected chi connectivity index (χ1v) is 8.09. The Hall–Kier alpha value is -1.55. The number of carbonyl (C=O) groups is 1. The van der Waals surface area contributed by atoms with Crippen LogP contribution in [0.25, 0.3) is 6.08 Å². The highest BCUT2D eigenvalue weighted by atomic mass is 127. The van der Waals surface area contributed by atoms with Crippen LogP contribution in [0.3, 0.4) is 0 Å². The summed E-state index contributed by atoms with van der Waals surface area (Å²) in [5.41, 5.74) is 0.828. The number of nitriles is 1. The maximum absolute atomic E-state index is 12.1. The second kappa shape index (κ2) is 7.46. The third-order valence-electron chi connectivity index (χ3n) is 3.59. The molecule has 0 saturated heterocycles. The molecule has 2 rings (SSSR count). The zero-order valence-electron chi connectivity index (χ0n) is 11.6. The third-order valence-corrected chi connectivity index (χ3v) is 4.45. The lowest BCUT2D eigenvalue weighted by Crippen LogP contribution is -2.36. The number of hydrogen-bond acceptors (Lipinski definition) is 3. The molecular formula is C16H17IN2O2. The summed E-state index contributed by atoms with van der Waals surface area (Å²) in [6, 6.07) is 7.12. The maximum Gasteiger partial charge on any atom is 0.262 e. The predicted octanol–water partition coefficient (Wildman–Crippen LogP) is 3.35. The van der Waals surface area contributed by atoms with Gasteiger partial charge in [-0.3, -0.25) is 4.79 Å². The van der Waals surface area contributed by atoms with Crippen molar-refractivity contribution in [3.05, 3.63) is 32.9 Å². The van der Waals surface area contributed by atoms with E-state index < -0.39 is 0 Å². The molecule has 1 aromatic rings. The number of phenols is 1. The topological polar surface area (TPSA) is 73.1 Å². The molecule has 1 fully saturated rings. The van der Waals surface area contributed by atoms with Gasteiger partial charge in [0.1, 0.15) is 17.4 Å². The molecule has 5 heteroatoms. The van der Waals surface area contributed by atoms with Gasteiger partial charge in [-0.2, -0.15) is 5.26 Å². The summed E-state index contributed by atoms with van der Waals surface area (Å²) in [7, 11) is 0. The Morgan fingerprint density at radius 1 is 1.38 bits per heavy atom. The minimum absolute atomic E-state index is 0.0991. The second-order valence-electron chi connectivity index (χ2n) is 5.19. The van der Waals surface area contributed by atoms with E-state index in [4.69, 9.17) is 0 Å². The van der Waals surface area contributed by atoms with Gasteiger partial charge in [0, 0.05) is 6.04 Å². The summed E-state index contributed by atoms with van der Waals surface area (Å²) in [6.45, 7) is 0. The van der Waals surface area contributed by atoms with Crippen LogP contribution >= 0.6 is 22.6 Å². The van der Waals surface area contributed by atoms with Crippen LogP contribution in [-0.2, 0) is 4.79 Å². The first-order chi connectivity index (χ1) is 10.1. The summed E-state index contributed by atoms with van der Waals surface area (Å²) in [5.74, 6) is -0.120. The zero-order valence-corrected chi connectivity index (χ0v) is 13.8. The molecule has 0 spiro atoms. The Kier molecular flexibility index (Phi) is 5.62. The van der Waals surface area contributed by atoms with Gasteiger partial charge in [-0.15, -0.1) is 0 Å². The molecule has 2 N–H and O–H groups in total. The molecule has 1 saturated carbocycles. The average Bonchev–Trinajstić information content (AvgIpc) is 2.49. The Balaban J connectivity index is 2.10. The normalized spacial score (nSPS) is 16.3. The van der Waals surface area contributed by atoms with Crippen LogP contribution in [0.4, 0.5) is 0 Å². The van der Waals surface area contributed by atoms with Gasteiger partial charge in [-0.25, -0.2) is 0 Å². The number of nitrogens with zero attached hydrogens (tertiary/aromatic N) is 1. The number of carbonyl (C=O) groups excluding carboxylic acids is 1. The lowest BCUT2D eigenvalue weighted by molar-refractivity contribution is -0.117. The molecule has 1 aliphatic rings. The van der Waals surface area contributed by atoms with Crippen molar-refractivity contribution in [2.45, 2.75) is 38.1 Å². The van der Waals surface area contributed by atoms with E-state index in [1.807, 2.05) is 28.7 Å². The highest BCUT2D eigenvalue weighted by Crippen LogP contribution is 2.22. The number of hydrogen-bond donors (Lipinski definition) is 2. The minimum Gasteiger partial charge on any atom is -0.507 e. The standard InChI is InChI=1S/C16H17IN2O2/c17-14-9-11(6-7-15(14)20)8-12(10-18)16(21)19-13-4-2-1-3-5-13/h6-9,13,20H,1-5H2,(H,19,21)/b12-8-. The molecule has 21 heavy (non-hydrogen) atoms. The number of aromatic hydroxyl groups is 1. The van der Waals surface area contributed by atoms with Crippen LogP contribution in [0, 0.1) is 14.9 Å². The smallest absolute Gasteiger partial charge is 0.262 e. The van der Waals surface area contributed by atoms with Crippen LogP contribution in [0.2, 0.25) is 0 Å². The van der Waals surface area contributed by atoms with Crippen molar-refractivity contribution in [3.8, 4) is 11.8 Å². The van der Waals surface area contributed by atoms with Crippen molar-refractivity contribution in [1.82, 2.24) is 5.32 Å². The summed E-state index contributed by atoms with van der Waals surface area (Å²) in [4.78, 5) is 12.1. The second-order valence-corrected chi connectivity index (χ2v) is 6.35. The van der Waals surface area contributed by atoms with Crippen molar-refractivity contribution in [3.63, 3.8) is 0 Å². The van der Waals surface area contributed by atoms with Gasteiger partial charge < -0.3 is 10.4 Å². The van der Waals surface area contributed by atoms with Crippen LogP contribution < -0.4 is 5.32 Å². The fraction of sp³-hybridized carbons (Fsp3) is 0.375. The van der Waals surface area contributed by atoms with Gasteiger partial charge >= 0.3 is 0 Å². The molecule has 0 atom stereocenters. The number of nitrogens with one attached hydrogen (secondary N) is 1. The quantitative estimate of drug-likeness (QED) is 0.468. The Morgan fingerprint density at radius 3 is 2.71 bits per heavy atom. The van der Waals surface area contributed by atoms with Gasteiger partial charge in [-0.1, -0.05) is 25.3 Å². The van der Waals surface area contributed by atoms with Gasteiger partial charge in [0.15, 0.2) is 0 Å². The Bertz CT molecular complexity index is 599. The summed E-state index contributed by atoms with van der Waals surface area (Å²) >= 11 is 2.01. The van der Waals surface area contributed by atoms with E-state index in [0.717, 1.165) is 31.2 Å². The van der Waals surface area contributed by atoms with E-state index in [-0.39, 0.29) is 23.3 Å². The zero-order chi connectivity index (χ0) is 15.2. The molecule has 0 bridgehead atoms. The number of phenolic OH excluding ortho intramolecular Hbond substituents is 1. The Labute approximate surface area is 138 Å². The first-order valence-electron chi connectivity index (χ1n) is 7.01. The third kappa shape index (κ3) is 4.46. The molecule has 0 aliphatic heterocycles. The van der Waals surface area contributed by atoms with Gasteiger partial charge in [0.05, 0.1) is 3.57 Å². The van der Waals surface area contributed by atoms with Gasteiger partial charge in [0.25, 0.3) is 5.91 Å². The Morgan fingerprint density at radius 2 is 2.10 bits per heavy atom. The van der Waals surface area contributed by atoms with E-state index in [1.54, 1.807) is 24.3 Å². The lowest BCUT2D eigenvalue weighted by atomic mass is 9.95. The van der Waals surface area contributed by atoms with Crippen LogP contribution in [-0.4, -0.2) is 17.1 Å². The number of amides is 1. The van der Waals surface area contributed by atoms with Crippen molar-refractivity contribution in [1.29, 1.82) is 5.26 Å². The minimum atomic E-state index is -0.313. The van der Waals surface area contributed by atoms with Crippen LogP contribution in [0.15, 0.2) is 23.8 Å². The first kappa shape index (κ1) is 15.8. The largest absolute Gasteiger partial charge is 0.507 e. The van der Waals surface area contributed by atoms with Crippen molar-refractivity contribution in [2.24, 2.45) is 0 Å². The van der Waals surface area contributed by atoms with E-state index in [0.29, 0.717) is 3.57 Å². The molecule has 0 unspecified atom stereocenters. The fourth-order valence-corrected chi connectivity index (χ4v) is 2.98. The summed E-state index contributed by atoms with van der Waals surface area (Å²) < 4.78 is 0.686. The molecular weight excluding hydrogens is 379 g/mol. The van der Waals surface area contributed by atoms with E-state index in [2.05, 4.69) is 5.32 Å². The number of benzene rings is 1. The van der Waals surface area contributed by atoms with Gasteiger partial charge in [-0.05, 0) is 59.2 Å². The van der Waals surface area contributed by atoms with Crippen molar-refractivity contribution < 1.29 is 9.90 Å². The van der Waals surface area contributed by atoms with Crippen LogP contribution in [0.5, 0.6) is 5.75 Å². The van der Waals surface area contributed by atoms with E-state index >= 15 is 0 Å².